The van der Waals surface area contributed by atoms with Crippen molar-refractivity contribution in [2.45, 2.75) is 13.5 Å². The number of H-pyrrole nitrogens is 1. The Morgan fingerprint density at radius 2 is 1.84 bits per heavy atom. The van der Waals surface area contributed by atoms with Crippen LogP contribution in [-0.2, 0) is 6.61 Å². The molecule has 2 aromatic heterocycles. The van der Waals surface area contributed by atoms with Gasteiger partial charge in [0.25, 0.3) is 0 Å². The van der Waals surface area contributed by atoms with Crippen molar-refractivity contribution in [2.75, 3.05) is 14.2 Å². The van der Waals surface area contributed by atoms with E-state index in [4.69, 9.17) is 25.8 Å². The molecule has 0 unspecified atom stereocenters. The van der Waals surface area contributed by atoms with E-state index < -0.39 is 5.69 Å². The van der Waals surface area contributed by atoms with Crippen LogP contribution >= 0.6 is 11.6 Å². The highest BCUT2D eigenvalue weighted by molar-refractivity contribution is 6.32. The van der Waals surface area contributed by atoms with Crippen LogP contribution in [0.25, 0.3) is 16.9 Å². The van der Waals surface area contributed by atoms with E-state index >= 15 is 0 Å². The summed E-state index contributed by atoms with van der Waals surface area (Å²) >= 11 is 6.47. The molecule has 2 aromatic carbocycles. The molecule has 4 aromatic rings. The van der Waals surface area contributed by atoms with E-state index in [1.807, 2.05) is 0 Å². The Bertz CT molecular complexity index is 1320. The largest absolute Gasteiger partial charge is 0.493 e. The summed E-state index contributed by atoms with van der Waals surface area (Å²) in [7, 11) is 2.94. The lowest BCUT2D eigenvalue weighted by Gasteiger charge is -2.14. The van der Waals surface area contributed by atoms with E-state index in [9.17, 15) is 9.18 Å². The summed E-state index contributed by atoms with van der Waals surface area (Å²) in [4.78, 5) is 24.0. The number of ether oxygens (including phenoxy) is 3. The monoisotopic (exact) mass is 444 g/mol. The molecule has 0 amide bonds. The fourth-order valence-electron chi connectivity index (χ4n) is 3.14. The molecule has 8 nitrogen and oxygen atoms in total. The number of methoxy groups -OCH3 is 2. The Morgan fingerprint density at radius 1 is 1.10 bits per heavy atom. The molecular weight excluding hydrogens is 427 g/mol. The average Bonchev–Trinajstić information content (AvgIpc) is 3.08. The Kier molecular flexibility index (Phi) is 5.51. The van der Waals surface area contributed by atoms with Crippen LogP contribution in [0.2, 0.25) is 5.02 Å². The first-order valence-electron chi connectivity index (χ1n) is 9.19. The molecule has 31 heavy (non-hydrogen) atoms. The molecule has 0 aliphatic carbocycles. The molecule has 0 saturated carbocycles. The van der Waals surface area contributed by atoms with E-state index in [-0.39, 0.29) is 23.3 Å². The van der Waals surface area contributed by atoms with Crippen LogP contribution in [0.15, 0.2) is 41.2 Å². The summed E-state index contributed by atoms with van der Waals surface area (Å²) in [6.45, 7) is 1.85. The van der Waals surface area contributed by atoms with Crippen molar-refractivity contribution in [3.63, 3.8) is 0 Å². The second kappa shape index (κ2) is 8.27. The molecular formula is C21H18ClFN4O4. The van der Waals surface area contributed by atoms with E-state index in [1.54, 1.807) is 31.2 Å². The average molecular weight is 445 g/mol. The van der Waals surface area contributed by atoms with E-state index in [0.717, 1.165) is 5.56 Å². The maximum atomic E-state index is 13.1. The minimum absolute atomic E-state index is 0.162. The summed E-state index contributed by atoms with van der Waals surface area (Å²) < 4.78 is 31.0. The zero-order chi connectivity index (χ0) is 22.1. The number of hydrogen-bond acceptors (Lipinski definition) is 6. The van der Waals surface area contributed by atoms with Crippen molar-refractivity contribution in [3.8, 4) is 23.1 Å². The van der Waals surface area contributed by atoms with Gasteiger partial charge < -0.3 is 14.2 Å². The van der Waals surface area contributed by atoms with Gasteiger partial charge in [-0.2, -0.15) is 4.98 Å². The highest BCUT2D eigenvalue weighted by Gasteiger charge is 2.20. The predicted molar refractivity (Wildman–Crippen MR) is 113 cm³/mol. The molecule has 10 heteroatoms. The summed E-state index contributed by atoms with van der Waals surface area (Å²) in [6.07, 6.45) is 0. The lowest BCUT2D eigenvalue weighted by molar-refractivity contribution is 0.284. The summed E-state index contributed by atoms with van der Waals surface area (Å²) in [6, 6.07) is 9.08. The van der Waals surface area contributed by atoms with Crippen molar-refractivity contribution in [1.29, 1.82) is 0 Å². The normalized spacial score (nSPS) is 11.0. The number of aryl methyl sites for hydroxylation is 1. The van der Waals surface area contributed by atoms with Gasteiger partial charge in [0.05, 0.1) is 24.9 Å². The van der Waals surface area contributed by atoms with Gasteiger partial charge in [-0.25, -0.2) is 18.7 Å². The fourth-order valence-corrected chi connectivity index (χ4v) is 3.38. The first-order valence-corrected chi connectivity index (χ1v) is 9.57. The minimum Gasteiger partial charge on any atom is -0.493 e. The zero-order valence-electron chi connectivity index (χ0n) is 16.9. The number of imidazole rings is 1. The summed E-state index contributed by atoms with van der Waals surface area (Å²) in [5.41, 5.74) is 1.29. The minimum atomic E-state index is -0.468. The lowest BCUT2D eigenvalue weighted by atomic mass is 10.2. The number of benzene rings is 2. The Morgan fingerprint density at radius 3 is 2.52 bits per heavy atom. The van der Waals surface area contributed by atoms with Crippen LogP contribution in [0.3, 0.4) is 0 Å². The molecule has 1 N–H and O–H groups in total. The second-order valence-corrected chi connectivity index (χ2v) is 7.02. The quantitative estimate of drug-likeness (QED) is 0.486. The number of nitrogens with one attached hydrogen (secondary N) is 1. The second-order valence-electron chi connectivity index (χ2n) is 6.61. The molecule has 0 fully saturated rings. The third-order valence-electron chi connectivity index (χ3n) is 4.59. The number of halogens is 2. The first-order chi connectivity index (χ1) is 14.9. The van der Waals surface area contributed by atoms with E-state index in [1.165, 1.54) is 30.9 Å². The Balaban J connectivity index is 1.81. The molecule has 0 atom stereocenters. The maximum Gasteiger partial charge on any atom is 0.332 e. The summed E-state index contributed by atoms with van der Waals surface area (Å²) in [5, 5.41) is 0.254. The van der Waals surface area contributed by atoms with Crippen molar-refractivity contribution < 1.29 is 18.6 Å². The van der Waals surface area contributed by atoms with Crippen LogP contribution in [-0.4, -0.2) is 33.7 Å². The molecule has 160 valence electrons. The molecule has 0 radical (unpaired) electrons. The van der Waals surface area contributed by atoms with E-state index in [0.29, 0.717) is 34.2 Å². The predicted octanol–water partition coefficient (Wildman–Crippen LogP) is 3.81. The van der Waals surface area contributed by atoms with E-state index in [2.05, 4.69) is 15.0 Å². The van der Waals surface area contributed by atoms with Crippen LogP contribution in [0.4, 0.5) is 4.39 Å². The number of rotatable bonds is 6. The van der Waals surface area contributed by atoms with Gasteiger partial charge in [-0.3, -0.25) is 4.98 Å². The lowest BCUT2D eigenvalue weighted by Crippen LogP contribution is -2.16. The number of aromatic amines is 1. The van der Waals surface area contributed by atoms with Crippen LogP contribution < -0.4 is 19.9 Å². The van der Waals surface area contributed by atoms with Gasteiger partial charge in [-0.15, -0.1) is 0 Å². The van der Waals surface area contributed by atoms with Gasteiger partial charge in [0.15, 0.2) is 17.1 Å². The molecule has 0 spiro atoms. The number of fused-ring (bicyclic) bond motifs is 1. The highest BCUT2D eigenvalue weighted by Crippen LogP contribution is 2.36. The van der Waals surface area contributed by atoms with Crippen molar-refractivity contribution in [1.82, 2.24) is 19.5 Å². The smallest absolute Gasteiger partial charge is 0.332 e. The molecule has 4 rings (SSSR count). The fraction of sp³-hybridized carbons (Fsp3) is 0.190. The third-order valence-corrected chi connectivity index (χ3v) is 4.89. The van der Waals surface area contributed by atoms with Gasteiger partial charge in [-0.1, -0.05) is 23.7 Å². The van der Waals surface area contributed by atoms with Gasteiger partial charge >= 0.3 is 5.69 Å². The SMILES string of the molecule is COc1cc(Cl)c(-n2c(=O)[nH]c3c(OC)nc(C)nc32)cc1OCc1ccc(F)cc1. The Hall–Kier alpha value is -3.59. The van der Waals surface area contributed by atoms with Gasteiger partial charge in [0, 0.05) is 12.1 Å². The van der Waals surface area contributed by atoms with Crippen LogP contribution in [0, 0.1) is 12.7 Å². The van der Waals surface area contributed by atoms with Crippen molar-refractivity contribution in [3.05, 3.63) is 69.1 Å². The van der Waals surface area contributed by atoms with Crippen LogP contribution in [0.5, 0.6) is 17.4 Å². The molecule has 0 aliphatic heterocycles. The molecule has 2 heterocycles. The maximum absolute atomic E-state index is 13.1. The zero-order valence-corrected chi connectivity index (χ0v) is 17.7. The highest BCUT2D eigenvalue weighted by atomic mass is 35.5. The van der Waals surface area contributed by atoms with Gasteiger partial charge in [0.2, 0.25) is 5.88 Å². The molecule has 0 bridgehead atoms. The first kappa shape index (κ1) is 20.7. The van der Waals surface area contributed by atoms with Gasteiger partial charge in [0.1, 0.15) is 23.8 Å². The molecule has 0 saturated heterocycles. The third kappa shape index (κ3) is 3.91. The Labute approximate surface area is 181 Å². The van der Waals surface area contributed by atoms with Gasteiger partial charge in [-0.05, 0) is 24.6 Å². The van der Waals surface area contributed by atoms with Crippen molar-refractivity contribution in [2.24, 2.45) is 0 Å². The number of nitrogens with zero attached hydrogens (tertiary/aromatic N) is 3. The number of aromatic nitrogens is 4. The standard InChI is InChI=1S/C21H18ClFN4O4/c1-11-24-19-18(20(25-11)30-3)26-21(28)27(19)15-9-17(16(29-2)8-14(15)22)31-10-12-4-6-13(23)7-5-12/h4-9H,10H2,1-3H3,(H,26,28). The summed E-state index contributed by atoms with van der Waals surface area (Å²) in [5.74, 6) is 1.07. The topological polar surface area (TPSA) is 91.3 Å². The molecule has 0 aliphatic rings. The van der Waals surface area contributed by atoms with Crippen molar-refractivity contribution >= 4 is 22.8 Å². The number of hydrogen-bond donors (Lipinski definition) is 1. The van der Waals surface area contributed by atoms with Crippen LogP contribution in [0.1, 0.15) is 11.4 Å².